The Hall–Kier alpha value is -1.53. The van der Waals surface area contributed by atoms with Gasteiger partial charge in [-0.05, 0) is 29.5 Å². The van der Waals surface area contributed by atoms with Crippen molar-refractivity contribution in [3.63, 3.8) is 0 Å². The molecule has 0 aliphatic heterocycles. The molecular weight excluding hydrogens is 226 g/mol. The second-order valence-electron chi connectivity index (χ2n) is 5.42. The van der Waals surface area contributed by atoms with E-state index in [4.69, 9.17) is 10.00 Å². The minimum atomic E-state index is -0.651. The molecule has 0 heterocycles. The second kappa shape index (κ2) is 5.88. The first-order valence-electron chi connectivity index (χ1n) is 6.13. The molecule has 1 atom stereocenters. The molecule has 1 aromatic carbocycles. The van der Waals surface area contributed by atoms with Crippen LogP contribution in [-0.4, -0.2) is 12.2 Å². The fourth-order valence-corrected chi connectivity index (χ4v) is 1.82. The van der Waals surface area contributed by atoms with Gasteiger partial charge in [0.1, 0.15) is 5.75 Å². The molecule has 0 fully saturated rings. The third kappa shape index (κ3) is 3.48. The van der Waals surface area contributed by atoms with Crippen LogP contribution in [0.4, 0.5) is 0 Å². The Morgan fingerprint density at radius 1 is 1.39 bits per heavy atom. The number of benzene rings is 1. The lowest BCUT2D eigenvalue weighted by Gasteiger charge is -2.22. The average Bonchev–Trinajstić information content (AvgIpc) is 2.34. The van der Waals surface area contributed by atoms with Crippen molar-refractivity contribution in [1.29, 1.82) is 5.26 Å². The van der Waals surface area contributed by atoms with Crippen LogP contribution in [0.25, 0.3) is 0 Å². The topological polar surface area (TPSA) is 53.2 Å². The van der Waals surface area contributed by atoms with Gasteiger partial charge in [0.25, 0.3) is 0 Å². The maximum atomic E-state index is 10.1. The van der Waals surface area contributed by atoms with Gasteiger partial charge in [0.2, 0.25) is 0 Å². The van der Waals surface area contributed by atoms with E-state index in [1.165, 1.54) is 0 Å². The van der Waals surface area contributed by atoms with Crippen LogP contribution < -0.4 is 4.74 Å². The monoisotopic (exact) mass is 247 g/mol. The lowest BCUT2D eigenvalue weighted by atomic mass is 9.85. The molecule has 3 nitrogen and oxygen atoms in total. The maximum absolute atomic E-state index is 10.1. The zero-order valence-corrected chi connectivity index (χ0v) is 11.5. The van der Waals surface area contributed by atoms with Crippen molar-refractivity contribution < 1.29 is 9.84 Å². The highest BCUT2D eigenvalue weighted by Gasteiger charge is 2.19. The summed E-state index contributed by atoms with van der Waals surface area (Å²) >= 11 is 0. The van der Waals surface area contributed by atoms with Crippen molar-refractivity contribution in [1.82, 2.24) is 0 Å². The van der Waals surface area contributed by atoms with E-state index >= 15 is 0 Å². The number of rotatable bonds is 4. The molecule has 0 aliphatic rings. The summed E-state index contributed by atoms with van der Waals surface area (Å²) in [7, 11) is 1.59. The quantitative estimate of drug-likeness (QED) is 0.887. The normalized spacial score (nSPS) is 12.9. The third-order valence-corrected chi connectivity index (χ3v) is 2.98. The van der Waals surface area contributed by atoms with E-state index in [0.717, 1.165) is 11.1 Å². The van der Waals surface area contributed by atoms with Gasteiger partial charge in [0.05, 0.1) is 19.3 Å². The number of ether oxygens (including phenoxy) is 1. The van der Waals surface area contributed by atoms with Crippen molar-refractivity contribution >= 4 is 0 Å². The van der Waals surface area contributed by atoms with E-state index in [9.17, 15) is 5.11 Å². The van der Waals surface area contributed by atoms with Crippen LogP contribution in [0.1, 0.15) is 50.8 Å². The van der Waals surface area contributed by atoms with E-state index in [0.29, 0.717) is 18.6 Å². The molecule has 1 N–H and O–H groups in total. The summed E-state index contributed by atoms with van der Waals surface area (Å²) in [6.45, 7) is 6.38. The molecule has 1 aromatic rings. The van der Waals surface area contributed by atoms with Gasteiger partial charge < -0.3 is 9.84 Å². The van der Waals surface area contributed by atoms with Gasteiger partial charge in [0, 0.05) is 12.0 Å². The molecule has 0 spiro atoms. The Balaban J connectivity index is 3.10. The van der Waals surface area contributed by atoms with Crippen molar-refractivity contribution in [3.05, 3.63) is 29.3 Å². The number of aliphatic hydroxyl groups excluding tert-OH is 1. The summed E-state index contributed by atoms with van der Waals surface area (Å²) in [5.41, 5.74) is 1.94. The summed E-state index contributed by atoms with van der Waals surface area (Å²) in [6.07, 6.45) is 0.117. The number of nitriles is 1. The summed E-state index contributed by atoms with van der Waals surface area (Å²) in [4.78, 5) is 0. The van der Waals surface area contributed by atoms with E-state index in [2.05, 4.69) is 20.8 Å². The van der Waals surface area contributed by atoms with E-state index in [-0.39, 0.29) is 5.41 Å². The Morgan fingerprint density at radius 2 is 2.06 bits per heavy atom. The first-order valence-corrected chi connectivity index (χ1v) is 6.13. The number of hydrogen-bond donors (Lipinski definition) is 1. The van der Waals surface area contributed by atoms with Gasteiger partial charge in [0.15, 0.2) is 0 Å². The van der Waals surface area contributed by atoms with Gasteiger partial charge >= 0.3 is 0 Å². The van der Waals surface area contributed by atoms with Crippen LogP contribution >= 0.6 is 0 Å². The third-order valence-electron chi connectivity index (χ3n) is 2.98. The van der Waals surface area contributed by atoms with Crippen LogP contribution in [-0.2, 0) is 5.41 Å². The minimum absolute atomic E-state index is 0.0238. The van der Waals surface area contributed by atoms with Crippen LogP contribution in [0, 0.1) is 11.3 Å². The number of methoxy groups -OCH3 is 1. The Kier molecular flexibility index (Phi) is 4.75. The summed E-state index contributed by atoms with van der Waals surface area (Å²) in [5, 5.41) is 18.7. The molecule has 98 valence electrons. The Morgan fingerprint density at radius 3 is 2.56 bits per heavy atom. The smallest absolute Gasteiger partial charge is 0.124 e. The molecule has 18 heavy (non-hydrogen) atoms. The Labute approximate surface area is 109 Å². The van der Waals surface area contributed by atoms with Crippen LogP contribution in [0.3, 0.4) is 0 Å². The molecule has 0 radical (unpaired) electrons. The summed E-state index contributed by atoms with van der Waals surface area (Å²) in [5.74, 6) is 0.674. The van der Waals surface area contributed by atoms with Crippen LogP contribution in [0.2, 0.25) is 0 Å². The molecule has 0 bridgehead atoms. The van der Waals surface area contributed by atoms with Gasteiger partial charge in [-0.1, -0.05) is 26.8 Å². The predicted molar refractivity (Wildman–Crippen MR) is 71.5 cm³/mol. The number of hydrogen-bond acceptors (Lipinski definition) is 3. The standard InChI is InChI=1S/C15H21NO2/c1-15(2,3)11-7-8-14(18-4)12(10-11)13(17)6-5-9-16/h7-8,10,13,17H,5-6H2,1-4H3. The van der Waals surface area contributed by atoms with Gasteiger partial charge in [-0.3, -0.25) is 0 Å². The molecular formula is C15H21NO2. The first-order chi connectivity index (χ1) is 8.40. The van der Waals surface area contributed by atoms with Gasteiger partial charge in [-0.25, -0.2) is 0 Å². The molecule has 1 unspecified atom stereocenters. The second-order valence-corrected chi connectivity index (χ2v) is 5.42. The maximum Gasteiger partial charge on any atom is 0.124 e. The zero-order chi connectivity index (χ0) is 13.8. The largest absolute Gasteiger partial charge is 0.496 e. The molecule has 0 amide bonds. The lowest BCUT2D eigenvalue weighted by molar-refractivity contribution is 0.165. The highest BCUT2D eigenvalue weighted by atomic mass is 16.5. The lowest BCUT2D eigenvalue weighted by Crippen LogP contribution is -2.12. The molecule has 0 aliphatic carbocycles. The van der Waals surface area contributed by atoms with Gasteiger partial charge in [-0.15, -0.1) is 0 Å². The number of aliphatic hydroxyl groups is 1. The van der Waals surface area contributed by atoms with Crippen molar-refractivity contribution in [2.45, 2.75) is 45.1 Å². The molecule has 0 saturated heterocycles. The van der Waals surface area contributed by atoms with E-state index in [1.807, 2.05) is 24.3 Å². The average molecular weight is 247 g/mol. The molecule has 3 heteroatoms. The highest BCUT2D eigenvalue weighted by Crippen LogP contribution is 2.33. The molecule has 1 rings (SSSR count). The van der Waals surface area contributed by atoms with E-state index < -0.39 is 6.10 Å². The minimum Gasteiger partial charge on any atom is -0.496 e. The first kappa shape index (κ1) is 14.5. The molecule has 0 saturated carbocycles. The van der Waals surface area contributed by atoms with Gasteiger partial charge in [-0.2, -0.15) is 5.26 Å². The zero-order valence-electron chi connectivity index (χ0n) is 11.5. The fourth-order valence-electron chi connectivity index (χ4n) is 1.82. The van der Waals surface area contributed by atoms with Crippen molar-refractivity contribution in [2.24, 2.45) is 0 Å². The number of nitrogens with zero attached hydrogens (tertiary/aromatic N) is 1. The highest BCUT2D eigenvalue weighted by molar-refractivity contribution is 5.41. The summed E-state index contributed by atoms with van der Waals surface area (Å²) < 4.78 is 5.27. The summed E-state index contributed by atoms with van der Waals surface area (Å²) in [6, 6.07) is 7.92. The SMILES string of the molecule is COc1ccc(C(C)(C)C)cc1C(O)CCC#N. The van der Waals surface area contributed by atoms with Crippen LogP contribution in [0.15, 0.2) is 18.2 Å². The predicted octanol–water partition coefficient (Wildman–Crippen LogP) is 3.33. The van der Waals surface area contributed by atoms with Crippen LogP contribution in [0.5, 0.6) is 5.75 Å². The Bertz CT molecular complexity index is 441. The fraction of sp³-hybridized carbons (Fsp3) is 0.533. The van der Waals surface area contributed by atoms with Crippen molar-refractivity contribution in [2.75, 3.05) is 7.11 Å². The van der Waals surface area contributed by atoms with E-state index in [1.54, 1.807) is 7.11 Å². The van der Waals surface area contributed by atoms with Crippen molar-refractivity contribution in [3.8, 4) is 11.8 Å². The molecule has 0 aromatic heterocycles.